The Kier molecular flexibility index (Phi) is 3.85. The lowest BCUT2D eigenvalue weighted by Crippen LogP contribution is -2.01. The Labute approximate surface area is 205 Å². The molecule has 0 aliphatic rings. The number of fused-ring (bicyclic) bond motifs is 7. The van der Waals surface area contributed by atoms with E-state index in [9.17, 15) is 0 Å². The van der Waals surface area contributed by atoms with E-state index in [2.05, 4.69) is 115 Å². The maximum absolute atomic E-state index is 4.84. The molecule has 0 atom stereocenters. The number of para-hydroxylation sites is 3. The highest BCUT2D eigenvalue weighted by Gasteiger charge is 2.19. The van der Waals surface area contributed by atoms with Gasteiger partial charge in [0.15, 0.2) is 17.1 Å². The van der Waals surface area contributed by atoms with E-state index < -0.39 is 0 Å². The highest BCUT2D eigenvalue weighted by atomic mass is 15.1. The molecule has 4 aromatic carbocycles. The maximum Gasteiger partial charge on any atom is 0.199 e. The Hall–Kier alpha value is -5.10. The third kappa shape index (κ3) is 2.61. The van der Waals surface area contributed by atoms with E-state index in [1.807, 2.05) is 0 Å². The van der Waals surface area contributed by atoms with Crippen LogP contribution >= 0.6 is 0 Å². The van der Waals surface area contributed by atoms with Gasteiger partial charge in [0.25, 0.3) is 0 Å². The monoisotopic (exact) mass is 462 g/mol. The van der Waals surface area contributed by atoms with E-state index >= 15 is 0 Å². The second-order valence-corrected chi connectivity index (χ2v) is 8.86. The normalized spacial score (nSPS) is 11.9. The smallest absolute Gasteiger partial charge is 0.199 e. The molecule has 0 spiro atoms. The zero-order valence-corrected chi connectivity index (χ0v) is 19.1. The Morgan fingerprint density at radius 1 is 0.472 bits per heavy atom. The van der Waals surface area contributed by atoms with Gasteiger partial charge in [-0.15, -0.1) is 0 Å². The Morgan fingerprint density at radius 3 is 1.83 bits per heavy atom. The molecule has 4 heterocycles. The van der Waals surface area contributed by atoms with Gasteiger partial charge in [-0.25, -0.2) is 19.9 Å². The summed E-state index contributed by atoms with van der Waals surface area (Å²) in [5.74, 6) is 0.718. The zero-order chi connectivity index (χ0) is 23.6. The fraction of sp³-hybridized carbons (Fsp3) is 0. The molecule has 0 saturated heterocycles. The van der Waals surface area contributed by atoms with E-state index in [1.165, 1.54) is 27.1 Å². The van der Waals surface area contributed by atoms with Crippen LogP contribution in [0.1, 0.15) is 0 Å². The standard InChI is InChI=1S/C30H18N6/c1-2-8-19(9-3-1)35-24-12-6-4-10-20(24)22-16-23-21-11-5-7-13-25(21)36(27(23)17-26(22)35)28-18-33-29-30(34-28)32-15-14-31-29/h1-18H. The molecular weight excluding hydrogens is 444 g/mol. The molecule has 0 aliphatic carbocycles. The fourth-order valence-corrected chi connectivity index (χ4v) is 5.39. The van der Waals surface area contributed by atoms with Crippen LogP contribution in [0.4, 0.5) is 0 Å². The van der Waals surface area contributed by atoms with E-state index in [4.69, 9.17) is 4.98 Å². The first-order valence-corrected chi connectivity index (χ1v) is 11.8. The number of hydrogen-bond donors (Lipinski definition) is 0. The van der Waals surface area contributed by atoms with Gasteiger partial charge in [0.05, 0.1) is 28.3 Å². The number of aromatic nitrogens is 6. The first-order valence-electron chi connectivity index (χ1n) is 11.8. The molecular formula is C30H18N6. The second kappa shape index (κ2) is 7.20. The highest BCUT2D eigenvalue weighted by molar-refractivity contribution is 6.19. The maximum atomic E-state index is 4.84. The molecule has 4 aromatic heterocycles. The summed E-state index contributed by atoms with van der Waals surface area (Å²) in [6.07, 6.45) is 5.06. The first-order chi connectivity index (χ1) is 17.9. The number of benzene rings is 4. The summed E-state index contributed by atoms with van der Waals surface area (Å²) >= 11 is 0. The van der Waals surface area contributed by atoms with Gasteiger partial charge in [-0.2, -0.15) is 0 Å². The third-order valence-corrected chi connectivity index (χ3v) is 6.89. The quantitative estimate of drug-likeness (QED) is 0.290. The minimum atomic E-state index is 0.528. The van der Waals surface area contributed by atoms with Gasteiger partial charge in [0.2, 0.25) is 0 Å². The van der Waals surface area contributed by atoms with E-state index in [-0.39, 0.29) is 0 Å². The Balaban J connectivity index is 1.55. The SMILES string of the molecule is c1ccc(-n2c3ccccc3c3cc4c5ccccc5n(-c5cnc6nccnc6n5)c4cc32)cc1. The minimum Gasteiger partial charge on any atom is -0.309 e. The summed E-state index contributed by atoms with van der Waals surface area (Å²) in [6.45, 7) is 0. The van der Waals surface area contributed by atoms with Crippen molar-refractivity contribution in [3.8, 4) is 11.5 Å². The van der Waals surface area contributed by atoms with Crippen molar-refractivity contribution in [2.75, 3.05) is 0 Å². The minimum absolute atomic E-state index is 0.528. The number of nitrogens with zero attached hydrogens (tertiary/aromatic N) is 6. The van der Waals surface area contributed by atoms with E-state index in [0.717, 1.165) is 28.1 Å². The zero-order valence-electron chi connectivity index (χ0n) is 19.1. The van der Waals surface area contributed by atoms with Crippen molar-refractivity contribution in [2.24, 2.45) is 0 Å². The predicted molar refractivity (Wildman–Crippen MR) is 144 cm³/mol. The van der Waals surface area contributed by atoms with Crippen LogP contribution in [0.2, 0.25) is 0 Å². The molecule has 0 fully saturated rings. The Morgan fingerprint density at radius 2 is 1.08 bits per heavy atom. The molecule has 0 amide bonds. The molecule has 8 rings (SSSR count). The lowest BCUT2D eigenvalue weighted by molar-refractivity contribution is 1.05. The van der Waals surface area contributed by atoms with Crippen molar-refractivity contribution >= 4 is 54.9 Å². The third-order valence-electron chi connectivity index (χ3n) is 6.89. The van der Waals surface area contributed by atoms with Crippen LogP contribution in [0.25, 0.3) is 66.4 Å². The van der Waals surface area contributed by atoms with Gasteiger partial charge in [0.1, 0.15) is 0 Å². The van der Waals surface area contributed by atoms with Crippen LogP contribution in [-0.2, 0) is 0 Å². The van der Waals surface area contributed by atoms with Gasteiger partial charge in [-0.3, -0.25) is 4.57 Å². The first kappa shape index (κ1) is 19.2. The Bertz CT molecular complexity index is 2100. The number of rotatable bonds is 2. The second-order valence-electron chi connectivity index (χ2n) is 8.86. The van der Waals surface area contributed by atoms with Crippen LogP contribution < -0.4 is 0 Å². The largest absolute Gasteiger partial charge is 0.309 e. The van der Waals surface area contributed by atoms with Gasteiger partial charge in [0, 0.05) is 39.6 Å². The van der Waals surface area contributed by atoms with Gasteiger partial charge in [-0.05, 0) is 36.4 Å². The topological polar surface area (TPSA) is 61.4 Å². The molecule has 0 bridgehead atoms. The average molecular weight is 463 g/mol. The summed E-state index contributed by atoms with van der Waals surface area (Å²) in [6, 6.07) is 32.2. The summed E-state index contributed by atoms with van der Waals surface area (Å²) in [5.41, 5.74) is 6.67. The molecule has 0 unspecified atom stereocenters. The van der Waals surface area contributed by atoms with Gasteiger partial charge >= 0.3 is 0 Å². The van der Waals surface area contributed by atoms with Crippen LogP contribution in [0.15, 0.2) is 110 Å². The molecule has 168 valence electrons. The van der Waals surface area contributed by atoms with E-state index in [0.29, 0.717) is 11.3 Å². The van der Waals surface area contributed by atoms with Crippen LogP contribution in [0.5, 0.6) is 0 Å². The van der Waals surface area contributed by atoms with Crippen LogP contribution in [-0.4, -0.2) is 29.1 Å². The lowest BCUT2D eigenvalue weighted by atomic mass is 10.1. The number of hydrogen-bond acceptors (Lipinski definition) is 4. The molecule has 8 aromatic rings. The van der Waals surface area contributed by atoms with Crippen molar-refractivity contribution < 1.29 is 0 Å². The molecule has 6 heteroatoms. The van der Waals surface area contributed by atoms with Crippen molar-refractivity contribution in [3.05, 3.63) is 110 Å². The summed E-state index contributed by atoms with van der Waals surface area (Å²) < 4.78 is 4.52. The fourth-order valence-electron chi connectivity index (χ4n) is 5.39. The summed E-state index contributed by atoms with van der Waals surface area (Å²) in [5, 5.41) is 4.80. The molecule has 36 heavy (non-hydrogen) atoms. The summed E-state index contributed by atoms with van der Waals surface area (Å²) in [4.78, 5) is 18.1. The van der Waals surface area contributed by atoms with Crippen molar-refractivity contribution in [1.29, 1.82) is 0 Å². The highest BCUT2D eigenvalue weighted by Crippen LogP contribution is 2.39. The average Bonchev–Trinajstić information content (AvgIpc) is 3.44. The van der Waals surface area contributed by atoms with Gasteiger partial charge in [-0.1, -0.05) is 54.6 Å². The van der Waals surface area contributed by atoms with Crippen molar-refractivity contribution in [1.82, 2.24) is 29.1 Å². The summed E-state index contributed by atoms with van der Waals surface area (Å²) in [7, 11) is 0. The molecule has 0 N–H and O–H groups in total. The predicted octanol–water partition coefficient (Wildman–Crippen LogP) is 6.61. The van der Waals surface area contributed by atoms with Gasteiger partial charge < -0.3 is 4.57 Å². The van der Waals surface area contributed by atoms with Crippen LogP contribution in [0, 0.1) is 0 Å². The molecule has 0 saturated carbocycles. The van der Waals surface area contributed by atoms with Crippen molar-refractivity contribution in [2.45, 2.75) is 0 Å². The molecule has 0 radical (unpaired) electrons. The molecule has 6 nitrogen and oxygen atoms in total. The molecule has 0 aliphatic heterocycles. The van der Waals surface area contributed by atoms with Crippen LogP contribution in [0.3, 0.4) is 0 Å². The van der Waals surface area contributed by atoms with E-state index in [1.54, 1.807) is 18.6 Å². The lowest BCUT2D eigenvalue weighted by Gasteiger charge is -2.09. The van der Waals surface area contributed by atoms with Crippen molar-refractivity contribution in [3.63, 3.8) is 0 Å².